The van der Waals surface area contributed by atoms with Gasteiger partial charge in [-0.05, 0) is 84.6 Å². The molecule has 0 saturated heterocycles. The fourth-order valence-electron chi connectivity index (χ4n) is 4.40. The van der Waals surface area contributed by atoms with Gasteiger partial charge in [0.15, 0.2) is 0 Å². The van der Waals surface area contributed by atoms with Gasteiger partial charge in [-0.2, -0.15) is 0 Å². The fraction of sp³-hybridized carbons (Fsp3) is 0.0667. The van der Waals surface area contributed by atoms with Crippen LogP contribution in [0.25, 0.3) is 55.6 Å². The van der Waals surface area contributed by atoms with Gasteiger partial charge in [0.2, 0.25) is 0 Å². The molecule has 0 aliphatic heterocycles. The van der Waals surface area contributed by atoms with E-state index in [9.17, 15) is 0 Å². The summed E-state index contributed by atoms with van der Waals surface area (Å²) in [7, 11) is 0. The molecule has 3 aromatic heterocycles. The van der Waals surface area contributed by atoms with Crippen molar-refractivity contribution in [2.45, 2.75) is 13.8 Å². The molecule has 3 heteroatoms. The molecule has 158 valence electrons. The van der Waals surface area contributed by atoms with Gasteiger partial charge in [0.1, 0.15) is 11.2 Å². The monoisotopic (exact) mass is 426 g/mol. The minimum absolute atomic E-state index is 0.852. The molecule has 0 unspecified atom stereocenters. The lowest BCUT2D eigenvalue weighted by atomic mass is 9.98. The molecule has 33 heavy (non-hydrogen) atoms. The molecule has 0 aliphatic rings. The number of aromatic nitrogens is 2. The first-order valence-electron chi connectivity index (χ1n) is 11.1. The molecule has 0 spiro atoms. The summed E-state index contributed by atoms with van der Waals surface area (Å²) < 4.78 is 6.49. The van der Waals surface area contributed by atoms with Gasteiger partial charge < -0.3 is 4.42 Å². The van der Waals surface area contributed by atoms with Gasteiger partial charge in [-0.3, -0.25) is 9.97 Å². The first-order chi connectivity index (χ1) is 16.2. The van der Waals surface area contributed by atoms with Crippen LogP contribution < -0.4 is 0 Å². The van der Waals surface area contributed by atoms with Crippen molar-refractivity contribution in [2.75, 3.05) is 0 Å². The van der Waals surface area contributed by atoms with E-state index in [1.807, 2.05) is 30.6 Å². The number of pyridine rings is 2. The zero-order chi connectivity index (χ0) is 22.4. The second kappa shape index (κ2) is 7.72. The van der Waals surface area contributed by atoms with Crippen molar-refractivity contribution in [3.05, 3.63) is 108 Å². The second-order valence-corrected chi connectivity index (χ2v) is 8.52. The van der Waals surface area contributed by atoms with Gasteiger partial charge in [-0.15, -0.1) is 0 Å². The smallest absolute Gasteiger partial charge is 0.144 e. The topological polar surface area (TPSA) is 38.9 Å². The average molecular weight is 427 g/mol. The highest BCUT2D eigenvalue weighted by atomic mass is 16.3. The highest BCUT2D eigenvalue weighted by Crippen LogP contribution is 2.40. The van der Waals surface area contributed by atoms with Crippen LogP contribution in [-0.4, -0.2) is 9.97 Å². The largest absolute Gasteiger partial charge is 0.455 e. The van der Waals surface area contributed by atoms with Crippen molar-refractivity contribution in [1.29, 1.82) is 0 Å². The van der Waals surface area contributed by atoms with Gasteiger partial charge in [0.05, 0.1) is 11.4 Å². The third kappa shape index (κ3) is 3.48. The Hall–Kier alpha value is -4.24. The highest BCUT2D eigenvalue weighted by molar-refractivity contribution is 6.11. The molecule has 0 atom stereocenters. The van der Waals surface area contributed by atoms with Crippen LogP contribution in [0, 0.1) is 13.8 Å². The minimum atomic E-state index is 0.852. The minimum Gasteiger partial charge on any atom is -0.455 e. The van der Waals surface area contributed by atoms with E-state index in [1.54, 1.807) is 0 Å². The Labute approximate surface area is 192 Å². The Morgan fingerprint density at radius 1 is 0.576 bits per heavy atom. The van der Waals surface area contributed by atoms with E-state index in [0.717, 1.165) is 55.6 Å². The van der Waals surface area contributed by atoms with E-state index in [2.05, 4.69) is 90.5 Å². The van der Waals surface area contributed by atoms with Crippen LogP contribution in [0.3, 0.4) is 0 Å². The number of aryl methyl sites for hydroxylation is 2. The summed E-state index contributed by atoms with van der Waals surface area (Å²) >= 11 is 0. The molecule has 0 amide bonds. The molecule has 0 bridgehead atoms. The SMILES string of the molecule is Cc1ccnc(-c2cc(-c3cc(C)ccn3)c3oc4cc(-c5ccccc5)ccc4c3c2)c1. The third-order valence-corrected chi connectivity index (χ3v) is 6.08. The van der Waals surface area contributed by atoms with Gasteiger partial charge in [-0.25, -0.2) is 0 Å². The number of hydrogen-bond acceptors (Lipinski definition) is 3. The molecule has 6 rings (SSSR count). The Kier molecular flexibility index (Phi) is 4.55. The molecule has 0 fully saturated rings. The maximum atomic E-state index is 6.49. The lowest BCUT2D eigenvalue weighted by Crippen LogP contribution is -1.89. The van der Waals surface area contributed by atoms with Gasteiger partial charge >= 0.3 is 0 Å². The van der Waals surface area contributed by atoms with Crippen LogP contribution in [0.5, 0.6) is 0 Å². The summed E-state index contributed by atoms with van der Waals surface area (Å²) in [5.41, 5.74) is 10.3. The van der Waals surface area contributed by atoms with Crippen molar-refractivity contribution in [3.8, 4) is 33.6 Å². The van der Waals surface area contributed by atoms with Crippen LogP contribution in [-0.2, 0) is 0 Å². The lowest BCUT2D eigenvalue weighted by molar-refractivity contribution is 0.670. The van der Waals surface area contributed by atoms with Crippen LogP contribution in [0.15, 0.2) is 102 Å². The fourth-order valence-corrected chi connectivity index (χ4v) is 4.40. The predicted molar refractivity (Wildman–Crippen MR) is 135 cm³/mol. The first-order valence-corrected chi connectivity index (χ1v) is 11.1. The predicted octanol–water partition coefficient (Wildman–Crippen LogP) is 7.99. The van der Waals surface area contributed by atoms with E-state index in [-0.39, 0.29) is 0 Å². The van der Waals surface area contributed by atoms with E-state index in [0.29, 0.717) is 0 Å². The summed E-state index contributed by atoms with van der Waals surface area (Å²) in [5, 5.41) is 2.16. The van der Waals surface area contributed by atoms with Crippen LogP contribution in [0.1, 0.15) is 11.1 Å². The Bertz CT molecular complexity index is 1630. The summed E-state index contributed by atoms with van der Waals surface area (Å²) in [4.78, 5) is 9.30. The molecule has 0 N–H and O–H groups in total. The zero-order valence-corrected chi connectivity index (χ0v) is 18.5. The Morgan fingerprint density at radius 3 is 2.06 bits per heavy atom. The van der Waals surface area contributed by atoms with E-state index in [4.69, 9.17) is 4.42 Å². The normalized spacial score (nSPS) is 11.3. The molecule has 0 aliphatic carbocycles. The second-order valence-electron chi connectivity index (χ2n) is 8.52. The maximum Gasteiger partial charge on any atom is 0.144 e. The third-order valence-electron chi connectivity index (χ3n) is 6.08. The molecular formula is C30H22N2O. The van der Waals surface area contributed by atoms with Crippen molar-refractivity contribution in [2.24, 2.45) is 0 Å². The van der Waals surface area contributed by atoms with Crippen molar-refractivity contribution < 1.29 is 4.42 Å². The summed E-state index contributed by atoms with van der Waals surface area (Å²) in [6.45, 7) is 4.17. The average Bonchev–Trinajstić information content (AvgIpc) is 3.22. The van der Waals surface area contributed by atoms with Gasteiger partial charge in [0.25, 0.3) is 0 Å². The number of hydrogen-bond donors (Lipinski definition) is 0. The molecule has 3 nitrogen and oxygen atoms in total. The van der Waals surface area contributed by atoms with E-state index in [1.165, 1.54) is 11.1 Å². The standard InChI is InChI=1S/C30H22N2O/c1-19-10-12-31-27(14-19)23-16-25-24-9-8-22(21-6-4-3-5-7-21)18-29(24)33-30(25)26(17-23)28-15-20(2)11-13-32-28/h3-18H,1-2H3. The Morgan fingerprint density at radius 2 is 1.30 bits per heavy atom. The van der Waals surface area contributed by atoms with E-state index >= 15 is 0 Å². The molecule has 3 aromatic carbocycles. The van der Waals surface area contributed by atoms with Crippen molar-refractivity contribution >= 4 is 21.9 Å². The lowest BCUT2D eigenvalue weighted by Gasteiger charge is -2.08. The molecule has 0 radical (unpaired) electrons. The highest BCUT2D eigenvalue weighted by Gasteiger charge is 2.17. The van der Waals surface area contributed by atoms with Crippen molar-refractivity contribution in [1.82, 2.24) is 9.97 Å². The molecule has 0 saturated carbocycles. The van der Waals surface area contributed by atoms with Gasteiger partial charge in [-0.1, -0.05) is 36.4 Å². The molecule has 3 heterocycles. The quantitative estimate of drug-likeness (QED) is 0.288. The zero-order valence-electron chi connectivity index (χ0n) is 18.5. The van der Waals surface area contributed by atoms with Crippen LogP contribution in [0.4, 0.5) is 0 Å². The summed E-state index contributed by atoms with van der Waals surface area (Å²) in [5.74, 6) is 0. The Balaban J connectivity index is 1.65. The summed E-state index contributed by atoms with van der Waals surface area (Å²) in [6.07, 6.45) is 3.71. The molecular weight excluding hydrogens is 404 g/mol. The maximum absolute atomic E-state index is 6.49. The van der Waals surface area contributed by atoms with Crippen LogP contribution in [0.2, 0.25) is 0 Å². The molecule has 6 aromatic rings. The number of benzene rings is 3. The van der Waals surface area contributed by atoms with Crippen LogP contribution >= 0.6 is 0 Å². The summed E-state index contributed by atoms with van der Waals surface area (Å²) in [6, 6.07) is 29.4. The van der Waals surface area contributed by atoms with Crippen molar-refractivity contribution in [3.63, 3.8) is 0 Å². The van der Waals surface area contributed by atoms with E-state index < -0.39 is 0 Å². The van der Waals surface area contributed by atoms with Gasteiger partial charge in [0, 0.05) is 34.3 Å². The number of nitrogens with zero attached hydrogens (tertiary/aromatic N) is 2. The number of rotatable bonds is 3. The number of furan rings is 1. The first kappa shape index (κ1) is 19.4. The number of fused-ring (bicyclic) bond motifs is 3.